The van der Waals surface area contributed by atoms with Gasteiger partial charge in [0.25, 0.3) is 5.56 Å². The zero-order valence-corrected chi connectivity index (χ0v) is 15.4. The van der Waals surface area contributed by atoms with Gasteiger partial charge in [0.2, 0.25) is 0 Å². The summed E-state index contributed by atoms with van der Waals surface area (Å²) in [5.74, 6) is -0.0817. The average molecular weight is 384 g/mol. The van der Waals surface area contributed by atoms with Crippen LogP contribution in [0.15, 0.2) is 64.4 Å². The van der Waals surface area contributed by atoms with Crippen molar-refractivity contribution in [2.45, 2.75) is 23.7 Å². The van der Waals surface area contributed by atoms with Crippen LogP contribution in [0, 0.1) is 5.82 Å². The van der Waals surface area contributed by atoms with Gasteiger partial charge in [0.05, 0.1) is 16.1 Å². The van der Waals surface area contributed by atoms with E-state index in [9.17, 15) is 17.6 Å². The second-order valence-corrected chi connectivity index (χ2v) is 8.75. The third kappa shape index (κ3) is 3.42. The number of nitrogens with zero attached hydrogens (tertiary/aromatic N) is 2. The summed E-state index contributed by atoms with van der Waals surface area (Å²) in [5.41, 5.74) is 1.96. The van der Waals surface area contributed by atoms with E-state index in [0.29, 0.717) is 22.7 Å². The molecule has 1 aliphatic carbocycles. The van der Waals surface area contributed by atoms with Crippen LogP contribution in [0.1, 0.15) is 24.3 Å². The minimum atomic E-state index is -3.42. The Morgan fingerprint density at radius 2 is 1.78 bits per heavy atom. The number of rotatable bonds is 4. The second-order valence-electron chi connectivity index (χ2n) is 6.74. The largest absolute Gasteiger partial charge is 0.279 e. The van der Waals surface area contributed by atoms with Crippen molar-refractivity contribution in [1.82, 2.24) is 9.78 Å². The molecular formula is C20H17FN2O3S. The van der Waals surface area contributed by atoms with Gasteiger partial charge in [-0.05, 0) is 60.2 Å². The zero-order chi connectivity index (χ0) is 19.2. The first kappa shape index (κ1) is 17.6. The predicted molar refractivity (Wildman–Crippen MR) is 100 cm³/mol. The molecule has 0 unspecified atom stereocenters. The summed E-state index contributed by atoms with van der Waals surface area (Å²) < 4.78 is 38.4. The van der Waals surface area contributed by atoms with E-state index in [1.807, 2.05) is 0 Å². The highest BCUT2D eigenvalue weighted by atomic mass is 32.2. The number of benzene rings is 2. The van der Waals surface area contributed by atoms with Crippen LogP contribution in [0.25, 0.3) is 16.8 Å². The maximum Gasteiger partial charge on any atom is 0.279 e. The summed E-state index contributed by atoms with van der Waals surface area (Å²) in [6.07, 6.45) is 4.62. The van der Waals surface area contributed by atoms with Crippen LogP contribution in [-0.4, -0.2) is 24.5 Å². The summed E-state index contributed by atoms with van der Waals surface area (Å²) in [6, 6.07) is 12.1. The van der Waals surface area contributed by atoms with E-state index in [2.05, 4.69) is 5.10 Å². The number of hydrogen-bond donors (Lipinski definition) is 0. The molecule has 7 heteroatoms. The van der Waals surface area contributed by atoms with Gasteiger partial charge in [-0.3, -0.25) is 4.79 Å². The van der Waals surface area contributed by atoms with Gasteiger partial charge in [0.15, 0.2) is 9.84 Å². The monoisotopic (exact) mass is 384 g/mol. The first-order valence-corrected chi connectivity index (χ1v) is 10.4. The van der Waals surface area contributed by atoms with Crippen LogP contribution in [-0.2, 0) is 9.84 Å². The fraction of sp³-hybridized carbons (Fsp3) is 0.200. The molecule has 0 N–H and O–H groups in total. The molecule has 1 fully saturated rings. The van der Waals surface area contributed by atoms with Gasteiger partial charge in [0, 0.05) is 12.5 Å². The van der Waals surface area contributed by atoms with Crippen molar-refractivity contribution in [3.8, 4) is 16.8 Å². The van der Waals surface area contributed by atoms with Gasteiger partial charge in [-0.15, -0.1) is 0 Å². The number of halogens is 1. The van der Waals surface area contributed by atoms with Crippen molar-refractivity contribution in [2.75, 3.05) is 6.26 Å². The highest BCUT2D eigenvalue weighted by molar-refractivity contribution is 7.90. The molecule has 0 aliphatic heterocycles. The van der Waals surface area contributed by atoms with Crippen molar-refractivity contribution >= 4 is 9.84 Å². The molecule has 1 aliphatic rings. The van der Waals surface area contributed by atoms with E-state index in [4.69, 9.17) is 0 Å². The molecule has 138 valence electrons. The molecule has 0 atom stereocenters. The Balaban J connectivity index is 1.92. The summed E-state index contributed by atoms with van der Waals surface area (Å²) in [7, 11) is -3.42. The maximum absolute atomic E-state index is 13.2. The quantitative estimate of drug-likeness (QED) is 0.692. The zero-order valence-electron chi connectivity index (χ0n) is 14.6. The van der Waals surface area contributed by atoms with E-state index >= 15 is 0 Å². The Morgan fingerprint density at radius 3 is 2.41 bits per heavy atom. The predicted octanol–water partition coefficient (Wildman–Crippen LogP) is 3.32. The molecule has 1 aromatic heterocycles. The van der Waals surface area contributed by atoms with Gasteiger partial charge in [-0.1, -0.05) is 18.2 Å². The van der Waals surface area contributed by atoms with E-state index in [1.165, 1.54) is 41.2 Å². The summed E-state index contributed by atoms with van der Waals surface area (Å²) >= 11 is 0. The van der Waals surface area contributed by atoms with Crippen molar-refractivity contribution < 1.29 is 12.8 Å². The fourth-order valence-corrected chi connectivity index (χ4v) is 3.75. The molecule has 3 aromatic rings. The molecule has 0 amide bonds. The smallest absolute Gasteiger partial charge is 0.267 e. The average Bonchev–Trinajstić information content (AvgIpc) is 3.47. The molecule has 0 spiro atoms. The van der Waals surface area contributed by atoms with Crippen LogP contribution in [0.5, 0.6) is 0 Å². The molecule has 0 saturated heterocycles. The van der Waals surface area contributed by atoms with E-state index in [1.54, 1.807) is 18.2 Å². The van der Waals surface area contributed by atoms with Crippen LogP contribution in [0.2, 0.25) is 0 Å². The molecule has 0 bridgehead atoms. The lowest BCUT2D eigenvalue weighted by atomic mass is 10.1. The van der Waals surface area contributed by atoms with Crippen LogP contribution >= 0.6 is 0 Å². The van der Waals surface area contributed by atoms with Crippen molar-refractivity contribution in [3.63, 3.8) is 0 Å². The Labute approximate surface area is 156 Å². The van der Waals surface area contributed by atoms with Crippen molar-refractivity contribution in [1.29, 1.82) is 0 Å². The normalized spacial score (nSPS) is 14.3. The third-order valence-corrected chi connectivity index (χ3v) is 5.79. The lowest BCUT2D eigenvalue weighted by molar-refractivity contribution is 0.601. The first-order valence-electron chi connectivity index (χ1n) is 8.53. The summed E-state index contributed by atoms with van der Waals surface area (Å²) in [4.78, 5) is 13.2. The van der Waals surface area contributed by atoms with Crippen LogP contribution < -0.4 is 5.56 Å². The molecule has 2 aromatic carbocycles. The molecule has 1 heterocycles. The Morgan fingerprint density at radius 1 is 1.07 bits per heavy atom. The second kappa shape index (κ2) is 6.42. The van der Waals surface area contributed by atoms with E-state index < -0.39 is 9.84 Å². The Bertz CT molecular complexity index is 1180. The Hall–Kier alpha value is -2.80. The molecule has 0 radical (unpaired) electrons. The van der Waals surface area contributed by atoms with Gasteiger partial charge >= 0.3 is 0 Å². The minimum absolute atomic E-state index is 0.141. The lowest BCUT2D eigenvalue weighted by Crippen LogP contribution is -2.23. The summed E-state index contributed by atoms with van der Waals surface area (Å²) in [5, 5.41) is 4.18. The first-order chi connectivity index (χ1) is 12.8. The molecule has 27 heavy (non-hydrogen) atoms. The number of hydrogen-bond acceptors (Lipinski definition) is 4. The number of aromatic nitrogens is 2. The van der Waals surface area contributed by atoms with E-state index in [0.717, 1.165) is 24.7 Å². The van der Waals surface area contributed by atoms with Crippen molar-refractivity contribution in [2.24, 2.45) is 0 Å². The highest BCUT2D eigenvalue weighted by Gasteiger charge is 2.28. The molecular weight excluding hydrogens is 367 g/mol. The minimum Gasteiger partial charge on any atom is -0.267 e. The molecule has 5 nitrogen and oxygen atoms in total. The van der Waals surface area contributed by atoms with Crippen LogP contribution in [0.3, 0.4) is 0 Å². The van der Waals surface area contributed by atoms with Crippen LogP contribution in [0.4, 0.5) is 4.39 Å². The topological polar surface area (TPSA) is 69.0 Å². The lowest BCUT2D eigenvalue weighted by Gasteiger charge is -2.13. The van der Waals surface area contributed by atoms with E-state index in [-0.39, 0.29) is 16.3 Å². The Kier molecular flexibility index (Phi) is 4.19. The summed E-state index contributed by atoms with van der Waals surface area (Å²) in [6.45, 7) is 0. The van der Waals surface area contributed by atoms with Gasteiger partial charge in [0.1, 0.15) is 5.82 Å². The number of sulfone groups is 1. The third-order valence-electron chi connectivity index (χ3n) is 4.68. The fourth-order valence-electron chi connectivity index (χ4n) is 3.11. The van der Waals surface area contributed by atoms with Gasteiger partial charge < -0.3 is 0 Å². The molecule has 1 saturated carbocycles. The van der Waals surface area contributed by atoms with Gasteiger partial charge in [-0.25, -0.2) is 12.8 Å². The van der Waals surface area contributed by atoms with Crippen molar-refractivity contribution in [3.05, 3.63) is 76.5 Å². The van der Waals surface area contributed by atoms with Gasteiger partial charge in [-0.2, -0.15) is 9.78 Å². The molecule has 4 rings (SSSR count). The highest BCUT2D eigenvalue weighted by Crippen LogP contribution is 2.43. The standard InChI is InChI=1S/C20H17FN2O3S/c1-27(25,26)16-8-9-17(13-2-3-13)19(12-16)23-20(24)18(10-11-22-23)14-4-6-15(21)7-5-14/h4-13H,2-3H2,1H3. The maximum atomic E-state index is 13.2. The SMILES string of the molecule is CS(=O)(=O)c1ccc(C2CC2)c(-n2nccc(-c3ccc(F)cc3)c2=O)c1.